The van der Waals surface area contributed by atoms with Crippen LogP contribution in [0.25, 0.3) is 0 Å². The van der Waals surface area contributed by atoms with Crippen LogP contribution in [0.4, 0.5) is 0 Å². The van der Waals surface area contributed by atoms with Crippen LogP contribution in [0.3, 0.4) is 0 Å². The summed E-state index contributed by atoms with van der Waals surface area (Å²) in [6.07, 6.45) is 5.21. The second-order valence-corrected chi connectivity index (χ2v) is 6.61. The molecule has 2 aliphatic rings. The van der Waals surface area contributed by atoms with Gasteiger partial charge in [-0.15, -0.1) is 0 Å². The largest absolute Gasteiger partial charge is 0.491 e. The maximum Gasteiger partial charge on any atom is 0.274 e. The van der Waals surface area contributed by atoms with Crippen LogP contribution in [-0.4, -0.2) is 58.5 Å². The molecule has 0 radical (unpaired) electrons. The molecule has 2 saturated heterocycles. The summed E-state index contributed by atoms with van der Waals surface area (Å²) in [7, 11) is 1.81. The molecule has 0 saturated carbocycles. The number of hydrogen-bond acceptors (Lipinski definition) is 5. The second-order valence-electron chi connectivity index (χ2n) is 6.61. The standard InChI is InChI=1S/C17H20N4O3/c1-20-6-4-15(19-20)16(22)21-8-13-9-23-11-17(13,10-21)12-24-14-3-2-5-18-7-14/h2-7,13H,8-12H2,1H3/t13-,17+/m1/s1. The summed E-state index contributed by atoms with van der Waals surface area (Å²) in [6, 6.07) is 5.49. The van der Waals surface area contributed by atoms with Gasteiger partial charge < -0.3 is 14.4 Å². The number of nitrogens with zero attached hydrogens (tertiary/aromatic N) is 4. The Morgan fingerprint density at radius 2 is 2.42 bits per heavy atom. The first kappa shape index (κ1) is 15.1. The fourth-order valence-electron chi connectivity index (χ4n) is 3.54. The monoisotopic (exact) mass is 328 g/mol. The Hall–Kier alpha value is -2.41. The van der Waals surface area contributed by atoms with Crippen LogP contribution in [-0.2, 0) is 11.8 Å². The van der Waals surface area contributed by atoms with Gasteiger partial charge >= 0.3 is 0 Å². The van der Waals surface area contributed by atoms with E-state index in [1.165, 1.54) is 0 Å². The number of hydrogen-bond donors (Lipinski definition) is 0. The van der Waals surface area contributed by atoms with E-state index in [-0.39, 0.29) is 11.3 Å². The van der Waals surface area contributed by atoms with Crippen molar-refractivity contribution in [3.8, 4) is 5.75 Å². The van der Waals surface area contributed by atoms with E-state index in [4.69, 9.17) is 9.47 Å². The van der Waals surface area contributed by atoms with Crippen molar-refractivity contribution < 1.29 is 14.3 Å². The zero-order chi connectivity index (χ0) is 16.6. The predicted octanol–water partition coefficient (Wildman–Crippen LogP) is 0.983. The summed E-state index contributed by atoms with van der Waals surface area (Å²) in [5.74, 6) is 1.01. The lowest BCUT2D eigenvalue weighted by atomic mass is 9.82. The van der Waals surface area contributed by atoms with Gasteiger partial charge in [-0.2, -0.15) is 5.10 Å². The van der Waals surface area contributed by atoms with Gasteiger partial charge in [-0.25, -0.2) is 0 Å². The molecule has 0 bridgehead atoms. The molecule has 2 atom stereocenters. The SMILES string of the molecule is Cn1ccc(C(=O)N2C[C@@H]3COC[C@]3(COc3cccnc3)C2)n1. The Kier molecular flexibility index (Phi) is 3.72. The maximum atomic E-state index is 12.7. The van der Waals surface area contributed by atoms with Crippen LogP contribution in [0.1, 0.15) is 10.5 Å². The summed E-state index contributed by atoms with van der Waals surface area (Å²) >= 11 is 0. The first-order chi connectivity index (χ1) is 11.7. The quantitative estimate of drug-likeness (QED) is 0.837. The molecule has 0 unspecified atom stereocenters. The van der Waals surface area contributed by atoms with Crippen LogP contribution < -0.4 is 4.74 Å². The van der Waals surface area contributed by atoms with Gasteiger partial charge in [-0.3, -0.25) is 14.5 Å². The van der Waals surface area contributed by atoms with Gasteiger partial charge in [0.15, 0.2) is 0 Å². The van der Waals surface area contributed by atoms with Crippen molar-refractivity contribution in [3.63, 3.8) is 0 Å². The molecule has 0 N–H and O–H groups in total. The van der Waals surface area contributed by atoms with Crippen molar-refractivity contribution in [1.29, 1.82) is 0 Å². The minimum absolute atomic E-state index is 0.0225. The molecule has 7 nitrogen and oxygen atoms in total. The van der Waals surface area contributed by atoms with Gasteiger partial charge in [0, 0.05) is 38.4 Å². The number of rotatable bonds is 4. The highest BCUT2D eigenvalue weighted by Crippen LogP contribution is 2.42. The molecule has 4 rings (SSSR count). The molecule has 126 valence electrons. The van der Waals surface area contributed by atoms with Crippen molar-refractivity contribution in [1.82, 2.24) is 19.7 Å². The first-order valence-electron chi connectivity index (χ1n) is 8.06. The number of aromatic nitrogens is 3. The molecule has 1 amide bonds. The molecule has 2 aliphatic heterocycles. The third-order valence-corrected chi connectivity index (χ3v) is 4.90. The molecule has 2 fully saturated rings. The Labute approximate surface area is 140 Å². The topological polar surface area (TPSA) is 69.5 Å². The molecular weight excluding hydrogens is 308 g/mol. The number of fused-ring (bicyclic) bond motifs is 1. The lowest BCUT2D eigenvalue weighted by Crippen LogP contribution is -2.38. The van der Waals surface area contributed by atoms with Gasteiger partial charge in [0.1, 0.15) is 11.4 Å². The third-order valence-electron chi connectivity index (χ3n) is 4.90. The zero-order valence-electron chi connectivity index (χ0n) is 13.6. The minimum Gasteiger partial charge on any atom is -0.491 e. The summed E-state index contributed by atoms with van der Waals surface area (Å²) in [6.45, 7) is 3.13. The van der Waals surface area contributed by atoms with Gasteiger partial charge in [0.25, 0.3) is 5.91 Å². The number of amides is 1. The molecule has 0 aromatic carbocycles. The lowest BCUT2D eigenvalue weighted by molar-refractivity contribution is 0.0654. The van der Waals surface area contributed by atoms with Crippen LogP contribution >= 0.6 is 0 Å². The number of likely N-dealkylation sites (tertiary alicyclic amines) is 1. The first-order valence-corrected chi connectivity index (χ1v) is 8.06. The molecular formula is C17H20N4O3. The molecule has 4 heterocycles. The van der Waals surface area contributed by atoms with E-state index in [1.54, 1.807) is 29.3 Å². The van der Waals surface area contributed by atoms with Crippen molar-refractivity contribution in [2.45, 2.75) is 0 Å². The summed E-state index contributed by atoms with van der Waals surface area (Å²) in [5.41, 5.74) is 0.335. The van der Waals surface area contributed by atoms with E-state index in [1.807, 2.05) is 24.1 Å². The second kappa shape index (κ2) is 5.90. The molecule has 24 heavy (non-hydrogen) atoms. The summed E-state index contributed by atoms with van der Waals surface area (Å²) in [4.78, 5) is 18.6. The van der Waals surface area contributed by atoms with Crippen molar-refractivity contribution in [3.05, 3.63) is 42.5 Å². The van der Waals surface area contributed by atoms with E-state index in [0.29, 0.717) is 44.5 Å². The Bertz CT molecular complexity index is 732. The number of ether oxygens (including phenoxy) is 2. The average molecular weight is 328 g/mol. The molecule has 2 aromatic heterocycles. The van der Waals surface area contributed by atoms with Gasteiger partial charge in [-0.1, -0.05) is 0 Å². The Balaban J connectivity index is 1.47. The van der Waals surface area contributed by atoms with Crippen molar-refractivity contribution in [2.75, 3.05) is 32.9 Å². The number of carbonyl (C=O) groups excluding carboxylic acids is 1. The highest BCUT2D eigenvalue weighted by atomic mass is 16.5. The maximum absolute atomic E-state index is 12.7. The van der Waals surface area contributed by atoms with Crippen molar-refractivity contribution >= 4 is 5.91 Å². The van der Waals surface area contributed by atoms with Gasteiger partial charge in [-0.05, 0) is 18.2 Å². The van der Waals surface area contributed by atoms with Crippen LogP contribution in [0.15, 0.2) is 36.8 Å². The van der Waals surface area contributed by atoms with E-state index in [2.05, 4.69) is 10.1 Å². The predicted molar refractivity (Wildman–Crippen MR) is 85.6 cm³/mol. The van der Waals surface area contributed by atoms with Crippen LogP contribution in [0.5, 0.6) is 5.75 Å². The van der Waals surface area contributed by atoms with E-state index in [9.17, 15) is 4.79 Å². The molecule has 0 aliphatic carbocycles. The fourth-order valence-corrected chi connectivity index (χ4v) is 3.54. The minimum atomic E-state index is -0.152. The normalized spacial score (nSPS) is 25.7. The molecule has 7 heteroatoms. The van der Waals surface area contributed by atoms with Crippen LogP contribution in [0, 0.1) is 11.3 Å². The molecule has 0 spiro atoms. The summed E-state index contributed by atoms with van der Waals surface area (Å²) < 4.78 is 13.3. The number of pyridine rings is 1. The Morgan fingerprint density at radius 1 is 1.50 bits per heavy atom. The van der Waals surface area contributed by atoms with Crippen LogP contribution in [0.2, 0.25) is 0 Å². The fraction of sp³-hybridized carbons (Fsp3) is 0.471. The number of aryl methyl sites for hydroxylation is 1. The van der Waals surface area contributed by atoms with E-state index < -0.39 is 0 Å². The van der Waals surface area contributed by atoms with Gasteiger partial charge in [0.05, 0.1) is 31.4 Å². The average Bonchev–Trinajstić information content (AvgIpc) is 3.27. The molecule has 2 aromatic rings. The highest BCUT2D eigenvalue weighted by molar-refractivity contribution is 5.92. The van der Waals surface area contributed by atoms with Crippen molar-refractivity contribution in [2.24, 2.45) is 18.4 Å². The summed E-state index contributed by atoms with van der Waals surface area (Å²) in [5, 5.41) is 4.22. The zero-order valence-corrected chi connectivity index (χ0v) is 13.6. The lowest BCUT2D eigenvalue weighted by Gasteiger charge is -2.26. The number of carbonyl (C=O) groups is 1. The Morgan fingerprint density at radius 3 is 3.17 bits per heavy atom. The smallest absolute Gasteiger partial charge is 0.274 e. The van der Waals surface area contributed by atoms with Gasteiger partial charge in [0.2, 0.25) is 0 Å². The van der Waals surface area contributed by atoms with E-state index >= 15 is 0 Å². The van der Waals surface area contributed by atoms with E-state index in [0.717, 1.165) is 5.75 Å². The highest BCUT2D eigenvalue weighted by Gasteiger charge is 2.52. The third kappa shape index (κ3) is 2.65.